The van der Waals surface area contributed by atoms with Crippen LogP contribution < -0.4 is 5.32 Å². The first kappa shape index (κ1) is 18.1. The molecule has 0 saturated carbocycles. The number of Topliss-reactive ketones (excluding diaryl/α,β-unsaturated/α-hetero) is 1. The van der Waals surface area contributed by atoms with E-state index >= 15 is 0 Å². The summed E-state index contributed by atoms with van der Waals surface area (Å²) in [7, 11) is 0. The fourth-order valence-electron chi connectivity index (χ4n) is 2.01. The average Bonchev–Trinajstić information content (AvgIpc) is 2.21. The van der Waals surface area contributed by atoms with Crippen LogP contribution in [0.25, 0.3) is 0 Å². The van der Waals surface area contributed by atoms with Gasteiger partial charge in [-0.3, -0.25) is 9.59 Å². The summed E-state index contributed by atoms with van der Waals surface area (Å²) in [4.78, 5) is 23.7. The predicted molar refractivity (Wildman–Crippen MR) is 77.0 cm³/mol. The highest BCUT2D eigenvalue weighted by Gasteiger charge is 2.36. The maximum absolute atomic E-state index is 12.1. The van der Waals surface area contributed by atoms with E-state index in [-0.39, 0.29) is 17.8 Å². The summed E-state index contributed by atoms with van der Waals surface area (Å²) < 4.78 is 5.38. The van der Waals surface area contributed by atoms with Crippen molar-refractivity contribution in [2.24, 2.45) is 10.8 Å². The lowest BCUT2D eigenvalue weighted by molar-refractivity contribution is -0.134. The molecule has 0 heterocycles. The summed E-state index contributed by atoms with van der Waals surface area (Å²) in [5.74, 6) is 0.0747. The zero-order valence-electron chi connectivity index (χ0n) is 13.4. The fourth-order valence-corrected chi connectivity index (χ4v) is 2.01. The van der Waals surface area contributed by atoms with Crippen molar-refractivity contribution in [1.29, 1.82) is 0 Å². The van der Waals surface area contributed by atoms with E-state index in [2.05, 4.69) is 5.32 Å². The van der Waals surface area contributed by atoms with Crippen LogP contribution >= 0.6 is 0 Å². The van der Waals surface area contributed by atoms with Crippen molar-refractivity contribution in [2.45, 2.75) is 61.0 Å². The molecule has 1 N–H and O–H groups in total. The van der Waals surface area contributed by atoms with Gasteiger partial charge in [-0.15, -0.1) is 0 Å². The highest BCUT2D eigenvalue weighted by atomic mass is 16.5. The van der Waals surface area contributed by atoms with E-state index in [1.54, 1.807) is 6.92 Å². The van der Waals surface area contributed by atoms with E-state index in [0.29, 0.717) is 19.6 Å². The van der Waals surface area contributed by atoms with E-state index in [4.69, 9.17) is 4.74 Å². The molecule has 0 bridgehead atoms. The number of nitrogens with one attached hydrogen (secondary N) is 1. The second-order valence-electron chi connectivity index (χ2n) is 6.68. The Bertz CT molecular complexity index is 319. The van der Waals surface area contributed by atoms with Gasteiger partial charge in [-0.1, -0.05) is 27.7 Å². The van der Waals surface area contributed by atoms with Crippen molar-refractivity contribution in [3.63, 3.8) is 0 Å². The average molecular weight is 271 g/mol. The number of hydrogen-bond acceptors (Lipinski definition) is 3. The van der Waals surface area contributed by atoms with Gasteiger partial charge < -0.3 is 10.1 Å². The fraction of sp³-hybridized carbons (Fsp3) is 0.867. The van der Waals surface area contributed by atoms with Crippen LogP contribution in [0.15, 0.2) is 0 Å². The molecule has 0 fully saturated rings. The monoisotopic (exact) mass is 271 g/mol. The molecule has 0 aromatic heterocycles. The Kier molecular flexibility index (Phi) is 6.70. The van der Waals surface area contributed by atoms with Crippen molar-refractivity contribution in [3.05, 3.63) is 0 Å². The van der Waals surface area contributed by atoms with Gasteiger partial charge in [0.1, 0.15) is 5.78 Å². The van der Waals surface area contributed by atoms with Crippen molar-refractivity contribution in [1.82, 2.24) is 5.32 Å². The molecule has 0 saturated heterocycles. The molecule has 4 nitrogen and oxygen atoms in total. The number of amides is 1. The molecule has 0 aliphatic heterocycles. The standard InChI is InChI=1S/C15H29NO3/c1-11(2)19-9-8-16-13(18)15(6,7)10-14(4,5)12(3)17/h11H,8-10H2,1-7H3,(H,16,18). The minimum absolute atomic E-state index is 0.0332. The summed E-state index contributed by atoms with van der Waals surface area (Å²) >= 11 is 0. The zero-order chi connectivity index (χ0) is 15.3. The topological polar surface area (TPSA) is 55.4 Å². The number of hydrogen-bond donors (Lipinski definition) is 1. The maximum atomic E-state index is 12.1. The van der Waals surface area contributed by atoms with E-state index in [0.717, 1.165) is 0 Å². The SMILES string of the molecule is CC(=O)C(C)(C)CC(C)(C)C(=O)NCCOC(C)C. The van der Waals surface area contributed by atoms with Gasteiger partial charge in [-0.25, -0.2) is 0 Å². The van der Waals surface area contributed by atoms with Crippen molar-refractivity contribution in [3.8, 4) is 0 Å². The lowest BCUT2D eigenvalue weighted by atomic mass is 9.72. The lowest BCUT2D eigenvalue weighted by Crippen LogP contribution is -2.42. The van der Waals surface area contributed by atoms with Gasteiger partial charge in [0, 0.05) is 17.4 Å². The van der Waals surface area contributed by atoms with Crippen LogP contribution in [-0.2, 0) is 14.3 Å². The van der Waals surface area contributed by atoms with Crippen molar-refractivity contribution < 1.29 is 14.3 Å². The third-order valence-corrected chi connectivity index (χ3v) is 3.29. The zero-order valence-corrected chi connectivity index (χ0v) is 13.4. The van der Waals surface area contributed by atoms with Gasteiger partial charge in [0.25, 0.3) is 0 Å². The third-order valence-electron chi connectivity index (χ3n) is 3.29. The van der Waals surface area contributed by atoms with E-state index in [1.165, 1.54) is 0 Å². The van der Waals surface area contributed by atoms with Crippen LogP contribution in [0, 0.1) is 10.8 Å². The van der Waals surface area contributed by atoms with Gasteiger partial charge in [-0.2, -0.15) is 0 Å². The molecule has 0 rings (SSSR count). The first-order valence-corrected chi connectivity index (χ1v) is 6.90. The molecule has 1 amide bonds. The van der Waals surface area contributed by atoms with Crippen LogP contribution in [0.3, 0.4) is 0 Å². The Morgan fingerprint density at radius 3 is 2.05 bits per heavy atom. The van der Waals surface area contributed by atoms with Gasteiger partial charge in [0.15, 0.2) is 0 Å². The van der Waals surface area contributed by atoms with Crippen LogP contribution in [0.5, 0.6) is 0 Å². The molecule has 0 atom stereocenters. The van der Waals surface area contributed by atoms with Crippen LogP contribution in [0.1, 0.15) is 54.9 Å². The number of carbonyl (C=O) groups excluding carboxylic acids is 2. The molecule has 0 aromatic rings. The van der Waals surface area contributed by atoms with E-state index in [1.807, 2.05) is 41.5 Å². The smallest absolute Gasteiger partial charge is 0.225 e. The molecular weight excluding hydrogens is 242 g/mol. The highest BCUT2D eigenvalue weighted by molar-refractivity contribution is 5.85. The van der Waals surface area contributed by atoms with Gasteiger partial charge >= 0.3 is 0 Å². The number of carbonyl (C=O) groups is 2. The van der Waals surface area contributed by atoms with Crippen LogP contribution in [-0.4, -0.2) is 30.9 Å². The Morgan fingerprint density at radius 1 is 1.11 bits per heavy atom. The first-order valence-electron chi connectivity index (χ1n) is 6.90. The Hall–Kier alpha value is -0.900. The molecule has 0 aromatic carbocycles. The Balaban J connectivity index is 4.32. The largest absolute Gasteiger partial charge is 0.377 e. The lowest BCUT2D eigenvalue weighted by Gasteiger charge is -2.32. The van der Waals surface area contributed by atoms with Gasteiger partial charge in [0.05, 0.1) is 12.7 Å². The Morgan fingerprint density at radius 2 is 1.63 bits per heavy atom. The normalized spacial score (nSPS) is 12.6. The van der Waals surface area contributed by atoms with Gasteiger partial charge in [-0.05, 0) is 27.2 Å². The molecule has 112 valence electrons. The van der Waals surface area contributed by atoms with Crippen molar-refractivity contribution in [2.75, 3.05) is 13.2 Å². The maximum Gasteiger partial charge on any atom is 0.225 e. The molecule has 0 aliphatic carbocycles. The highest BCUT2D eigenvalue weighted by Crippen LogP contribution is 2.34. The Labute approximate surface area is 117 Å². The second-order valence-corrected chi connectivity index (χ2v) is 6.68. The molecule has 0 aliphatic rings. The summed E-state index contributed by atoms with van der Waals surface area (Å²) in [6.07, 6.45) is 0.702. The molecule has 0 spiro atoms. The molecule has 19 heavy (non-hydrogen) atoms. The number of ether oxygens (including phenoxy) is 1. The summed E-state index contributed by atoms with van der Waals surface area (Å²) in [6.45, 7) is 14.0. The predicted octanol–water partition coefficient (Wildman–Crippen LogP) is 2.56. The molecular formula is C15H29NO3. The minimum Gasteiger partial charge on any atom is -0.377 e. The molecule has 0 radical (unpaired) electrons. The number of rotatable bonds is 8. The van der Waals surface area contributed by atoms with Crippen LogP contribution in [0.2, 0.25) is 0 Å². The minimum atomic E-state index is -0.562. The molecule has 4 heteroatoms. The number of ketones is 1. The van der Waals surface area contributed by atoms with Crippen molar-refractivity contribution >= 4 is 11.7 Å². The first-order chi connectivity index (χ1) is 8.49. The van der Waals surface area contributed by atoms with Gasteiger partial charge in [0.2, 0.25) is 5.91 Å². The van der Waals surface area contributed by atoms with E-state index < -0.39 is 10.8 Å². The second kappa shape index (κ2) is 7.04. The molecule has 0 unspecified atom stereocenters. The van der Waals surface area contributed by atoms with E-state index in [9.17, 15) is 9.59 Å². The summed E-state index contributed by atoms with van der Waals surface area (Å²) in [6, 6.07) is 0. The quantitative estimate of drug-likeness (QED) is 0.690. The van der Waals surface area contributed by atoms with Crippen LogP contribution in [0.4, 0.5) is 0 Å². The summed E-state index contributed by atoms with van der Waals surface area (Å²) in [5, 5.41) is 2.86. The third kappa shape index (κ3) is 6.71. The summed E-state index contributed by atoms with van der Waals surface area (Å²) in [5.41, 5.74) is -1.04.